The third kappa shape index (κ3) is 2.74. The molecule has 0 atom stereocenters. The van der Waals surface area contributed by atoms with E-state index in [9.17, 15) is 0 Å². The lowest BCUT2D eigenvalue weighted by Gasteiger charge is -2.06. The van der Waals surface area contributed by atoms with Crippen LogP contribution in [0.5, 0.6) is 0 Å². The third-order valence-electron chi connectivity index (χ3n) is 2.60. The summed E-state index contributed by atoms with van der Waals surface area (Å²) in [5.74, 6) is 1.52. The number of anilines is 2. The molecule has 0 unspecified atom stereocenters. The van der Waals surface area contributed by atoms with E-state index >= 15 is 0 Å². The Hall–Kier alpha value is -2.75. The van der Waals surface area contributed by atoms with Crippen LogP contribution in [0, 0.1) is 0 Å². The van der Waals surface area contributed by atoms with Crippen molar-refractivity contribution in [3.63, 3.8) is 0 Å². The van der Waals surface area contributed by atoms with Gasteiger partial charge in [0.15, 0.2) is 0 Å². The average Bonchev–Trinajstić information content (AvgIpc) is 2.49. The van der Waals surface area contributed by atoms with Crippen molar-refractivity contribution in [3.8, 4) is 11.4 Å². The maximum absolute atomic E-state index is 4.52. The molecule has 1 N–H and O–H groups in total. The molecule has 3 aromatic rings. The van der Waals surface area contributed by atoms with Crippen molar-refractivity contribution in [3.05, 3.63) is 67.0 Å². The molecule has 0 aliphatic rings. The lowest BCUT2D eigenvalue weighted by molar-refractivity contribution is 1.22. The predicted molar refractivity (Wildman–Crippen MR) is 75.0 cm³/mol. The topological polar surface area (TPSA) is 50.7 Å². The minimum atomic E-state index is 0.752. The second-order valence-corrected chi connectivity index (χ2v) is 3.96. The second-order valence-electron chi connectivity index (χ2n) is 3.96. The molecule has 4 heteroatoms. The number of nitrogens with one attached hydrogen (secondary N) is 1. The lowest BCUT2D eigenvalue weighted by atomic mass is 10.2. The second kappa shape index (κ2) is 5.27. The first-order valence-electron chi connectivity index (χ1n) is 5.98. The van der Waals surface area contributed by atoms with E-state index in [1.165, 1.54) is 0 Å². The van der Waals surface area contributed by atoms with E-state index in [-0.39, 0.29) is 0 Å². The molecule has 0 radical (unpaired) electrons. The molecule has 3 aromatic heterocycles. The summed E-state index contributed by atoms with van der Waals surface area (Å²) in [4.78, 5) is 13.0. The van der Waals surface area contributed by atoms with Gasteiger partial charge in [-0.25, -0.2) is 9.97 Å². The monoisotopic (exact) mass is 248 g/mol. The van der Waals surface area contributed by atoms with E-state index in [0.717, 1.165) is 23.0 Å². The molecule has 0 saturated heterocycles. The SMILES string of the molecule is c1ccc(Nc2cccc(-c3ccccn3)n2)nc1. The fourth-order valence-electron chi connectivity index (χ4n) is 1.73. The summed E-state index contributed by atoms with van der Waals surface area (Å²) in [6, 6.07) is 17.3. The molecule has 0 aromatic carbocycles. The van der Waals surface area contributed by atoms with Crippen LogP contribution in [0.3, 0.4) is 0 Å². The first-order valence-corrected chi connectivity index (χ1v) is 5.98. The fraction of sp³-hybridized carbons (Fsp3) is 0. The van der Waals surface area contributed by atoms with Gasteiger partial charge in [0.2, 0.25) is 0 Å². The highest BCUT2D eigenvalue weighted by Crippen LogP contribution is 2.17. The molecule has 0 spiro atoms. The van der Waals surface area contributed by atoms with Gasteiger partial charge in [0.1, 0.15) is 11.6 Å². The van der Waals surface area contributed by atoms with Crippen molar-refractivity contribution < 1.29 is 0 Å². The maximum atomic E-state index is 4.52. The fourth-order valence-corrected chi connectivity index (χ4v) is 1.73. The van der Waals surface area contributed by atoms with Crippen LogP contribution in [0.15, 0.2) is 67.0 Å². The summed E-state index contributed by atoms with van der Waals surface area (Å²) in [5.41, 5.74) is 1.69. The van der Waals surface area contributed by atoms with E-state index < -0.39 is 0 Å². The molecule has 3 heterocycles. The average molecular weight is 248 g/mol. The van der Waals surface area contributed by atoms with Crippen molar-refractivity contribution in [2.24, 2.45) is 0 Å². The Balaban J connectivity index is 1.89. The van der Waals surface area contributed by atoms with Gasteiger partial charge in [0, 0.05) is 12.4 Å². The van der Waals surface area contributed by atoms with Gasteiger partial charge in [-0.3, -0.25) is 4.98 Å². The summed E-state index contributed by atoms with van der Waals surface area (Å²) in [7, 11) is 0. The summed E-state index contributed by atoms with van der Waals surface area (Å²) in [5, 5.41) is 3.16. The van der Waals surface area contributed by atoms with Crippen LogP contribution < -0.4 is 5.32 Å². The third-order valence-corrected chi connectivity index (χ3v) is 2.60. The van der Waals surface area contributed by atoms with Crippen LogP contribution in [0.25, 0.3) is 11.4 Å². The van der Waals surface area contributed by atoms with Crippen LogP contribution >= 0.6 is 0 Å². The van der Waals surface area contributed by atoms with E-state index in [1.807, 2.05) is 54.6 Å². The normalized spacial score (nSPS) is 10.1. The molecule has 3 rings (SSSR count). The van der Waals surface area contributed by atoms with Crippen LogP contribution in [-0.4, -0.2) is 15.0 Å². The minimum absolute atomic E-state index is 0.752. The molecule has 0 aliphatic heterocycles. The first kappa shape index (κ1) is 11.3. The van der Waals surface area contributed by atoms with Crippen LogP contribution in [0.1, 0.15) is 0 Å². The molecule has 4 nitrogen and oxygen atoms in total. The Labute approximate surface area is 111 Å². The van der Waals surface area contributed by atoms with Gasteiger partial charge in [-0.05, 0) is 36.4 Å². The number of rotatable bonds is 3. The van der Waals surface area contributed by atoms with Crippen molar-refractivity contribution in [2.75, 3.05) is 5.32 Å². The molecule has 0 saturated carbocycles. The maximum Gasteiger partial charge on any atom is 0.132 e. The van der Waals surface area contributed by atoms with E-state index in [2.05, 4.69) is 20.3 Å². The zero-order chi connectivity index (χ0) is 12.9. The Bertz CT molecular complexity index is 653. The van der Waals surface area contributed by atoms with Gasteiger partial charge in [0.25, 0.3) is 0 Å². The molecule has 0 aliphatic carbocycles. The number of nitrogens with zero attached hydrogens (tertiary/aromatic N) is 3. The lowest BCUT2D eigenvalue weighted by Crippen LogP contribution is -1.96. The van der Waals surface area contributed by atoms with Gasteiger partial charge in [-0.15, -0.1) is 0 Å². The zero-order valence-electron chi connectivity index (χ0n) is 10.2. The Morgan fingerprint density at radius 2 is 1.37 bits per heavy atom. The van der Waals surface area contributed by atoms with E-state index in [4.69, 9.17) is 0 Å². The summed E-state index contributed by atoms with van der Waals surface area (Å²) in [6.07, 6.45) is 3.50. The van der Waals surface area contributed by atoms with Crippen molar-refractivity contribution >= 4 is 11.6 Å². The van der Waals surface area contributed by atoms with Gasteiger partial charge in [-0.1, -0.05) is 18.2 Å². The summed E-state index contributed by atoms with van der Waals surface area (Å²) >= 11 is 0. The Kier molecular flexibility index (Phi) is 3.14. The number of hydrogen-bond donors (Lipinski definition) is 1. The van der Waals surface area contributed by atoms with Gasteiger partial charge in [-0.2, -0.15) is 0 Å². The first-order chi connectivity index (χ1) is 9.42. The number of aromatic nitrogens is 3. The van der Waals surface area contributed by atoms with E-state index in [0.29, 0.717) is 0 Å². The highest BCUT2D eigenvalue weighted by atomic mass is 15.1. The molecular formula is C15H12N4. The molecule has 0 bridgehead atoms. The van der Waals surface area contributed by atoms with Gasteiger partial charge < -0.3 is 5.32 Å². The van der Waals surface area contributed by atoms with Crippen LogP contribution in [0.2, 0.25) is 0 Å². The molecular weight excluding hydrogens is 236 g/mol. The van der Waals surface area contributed by atoms with E-state index in [1.54, 1.807) is 12.4 Å². The predicted octanol–water partition coefficient (Wildman–Crippen LogP) is 3.28. The quantitative estimate of drug-likeness (QED) is 0.772. The largest absolute Gasteiger partial charge is 0.325 e. The van der Waals surface area contributed by atoms with Crippen LogP contribution in [-0.2, 0) is 0 Å². The van der Waals surface area contributed by atoms with Crippen molar-refractivity contribution in [1.82, 2.24) is 15.0 Å². The highest BCUT2D eigenvalue weighted by molar-refractivity contribution is 5.59. The molecule has 19 heavy (non-hydrogen) atoms. The Morgan fingerprint density at radius 1 is 0.632 bits per heavy atom. The van der Waals surface area contributed by atoms with Crippen molar-refractivity contribution in [2.45, 2.75) is 0 Å². The molecule has 0 amide bonds. The van der Waals surface area contributed by atoms with Gasteiger partial charge >= 0.3 is 0 Å². The van der Waals surface area contributed by atoms with Crippen LogP contribution in [0.4, 0.5) is 11.6 Å². The molecule has 0 fully saturated rings. The Morgan fingerprint density at radius 3 is 2.11 bits per heavy atom. The smallest absolute Gasteiger partial charge is 0.132 e. The minimum Gasteiger partial charge on any atom is -0.325 e. The number of pyridine rings is 3. The zero-order valence-corrected chi connectivity index (χ0v) is 10.2. The highest BCUT2D eigenvalue weighted by Gasteiger charge is 2.02. The summed E-state index contributed by atoms with van der Waals surface area (Å²) < 4.78 is 0. The van der Waals surface area contributed by atoms with Gasteiger partial charge in [0.05, 0.1) is 11.4 Å². The summed E-state index contributed by atoms with van der Waals surface area (Å²) in [6.45, 7) is 0. The molecule has 92 valence electrons. The van der Waals surface area contributed by atoms with Crippen molar-refractivity contribution in [1.29, 1.82) is 0 Å². The standard InChI is InChI=1S/C15H12N4/c1-3-10-16-12(6-1)13-7-5-9-15(18-13)19-14-8-2-4-11-17-14/h1-11H,(H,17,18,19). The number of hydrogen-bond acceptors (Lipinski definition) is 4.